The fraction of sp³-hybridized carbons (Fsp3) is 0.111. The van der Waals surface area contributed by atoms with Gasteiger partial charge >= 0.3 is 5.97 Å². The molecule has 2 rings (SSSR count). The van der Waals surface area contributed by atoms with E-state index in [9.17, 15) is 14.0 Å². The molecule has 124 valence electrons. The van der Waals surface area contributed by atoms with Crippen LogP contribution < -0.4 is 10.6 Å². The van der Waals surface area contributed by atoms with Crippen LogP contribution in [0.1, 0.15) is 5.56 Å². The van der Waals surface area contributed by atoms with Gasteiger partial charge in [0, 0.05) is 12.2 Å². The van der Waals surface area contributed by atoms with Gasteiger partial charge in [-0.05, 0) is 29.8 Å². The largest absolute Gasteiger partial charge is 0.466 e. The Kier molecular flexibility index (Phi) is 6.08. The summed E-state index contributed by atoms with van der Waals surface area (Å²) in [5.41, 5.74) is 1.40. The Morgan fingerprint density at radius 1 is 1.08 bits per heavy atom. The van der Waals surface area contributed by atoms with Crippen molar-refractivity contribution in [1.82, 2.24) is 5.32 Å². The van der Waals surface area contributed by atoms with Crippen LogP contribution in [0, 0.1) is 5.82 Å². The molecular formula is C18H17FN2O3. The summed E-state index contributed by atoms with van der Waals surface area (Å²) in [7, 11) is 1.22. The number of rotatable bonds is 6. The fourth-order valence-electron chi connectivity index (χ4n) is 1.90. The highest BCUT2D eigenvalue weighted by atomic mass is 19.1. The number of carbonyl (C=O) groups is 2. The van der Waals surface area contributed by atoms with E-state index in [1.54, 1.807) is 0 Å². The molecule has 0 unspecified atom stereocenters. The second-order valence-corrected chi connectivity index (χ2v) is 4.88. The van der Waals surface area contributed by atoms with Crippen LogP contribution in [0.4, 0.5) is 10.1 Å². The molecule has 2 aromatic carbocycles. The molecule has 0 aromatic heterocycles. The van der Waals surface area contributed by atoms with Gasteiger partial charge in [0.05, 0.1) is 13.2 Å². The molecule has 0 saturated heterocycles. The average molecular weight is 328 g/mol. The van der Waals surface area contributed by atoms with Crippen LogP contribution in [0.25, 0.3) is 0 Å². The maximum Gasteiger partial charge on any atom is 0.332 e. The van der Waals surface area contributed by atoms with E-state index in [4.69, 9.17) is 0 Å². The molecule has 0 atom stereocenters. The van der Waals surface area contributed by atoms with Crippen molar-refractivity contribution in [2.24, 2.45) is 0 Å². The van der Waals surface area contributed by atoms with Gasteiger partial charge < -0.3 is 15.4 Å². The molecule has 0 bridgehead atoms. The summed E-state index contributed by atoms with van der Waals surface area (Å²) < 4.78 is 17.5. The number of ether oxygens (including phenoxy) is 1. The molecule has 2 N–H and O–H groups in total. The van der Waals surface area contributed by atoms with Gasteiger partial charge in [0.25, 0.3) is 5.91 Å². The number of nitrogens with one attached hydrogen (secondary N) is 2. The van der Waals surface area contributed by atoms with Crippen molar-refractivity contribution >= 4 is 17.6 Å². The van der Waals surface area contributed by atoms with E-state index in [0.717, 1.165) is 11.6 Å². The molecule has 2 aromatic rings. The molecule has 1 amide bonds. The summed E-state index contributed by atoms with van der Waals surface area (Å²) >= 11 is 0. The molecule has 0 aliphatic carbocycles. The monoisotopic (exact) mass is 328 g/mol. The van der Waals surface area contributed by atoms with Gasteiger partial charge in [-0.25, -0.2) is 9.18 Å². The minimum Gasteiger partial charge on any atom is -0.466 e. The smallest absolute Gasteiger partial charge is 0.332 e. The zero-order valence-corrected chi connectivity index (χ0v) is 13.1. The molecule has 0 saturated carbocycles. The quantitative estimate of drug-likeness (QED) is 0.632. The number of carbonyl (C=O) groups excluding carboxylic acids is 2. The lowest BCUT2D eigenvalue weighted by atomic mass is 10.2. The first kappa shape index (κ1) is 17.2. The van der Waals surface area contributed by atoms with Gasteiger partial charge in [-0.3, -0.25) is 4.79 Å². The number of amides is 1. The number of methoxy groups -OCH3 is 1. The van der Waals surface area contributed by atoms with E-state index in [2.05, 4.69) is 15.4 Å². The highest BCUT2D eigenvalue weighted by Gasteiger charge is 2.12. The topological polar surface area (TPSA) is 67.4 Å². The van der Waals surface area contributed by atoms with Gasteiger partial charge in [-0.15, -0.1) is 0 Å². The van der Waals surface area contributed by atoms with E-state index < -0.39 is 17.7 Å². The van der Waals surface area contributed by atoms with E-state index in [-0.39, 0.29) is 5.70 Å². The molecule has 0 radical (unpaired) electrons. The summed E-state index contributed by atoms with van der Waals surface area (Å²) in [6.45, 7) is 0.309. The standard InChI is InChI=1S/C18H17FN2O3/c1-24-17(22)11-16(21-15-9-7-14(19)8-10-15)18(23)20-12-13-5-3-2-4-6-13/h2-11,21H,12H2,1H3,(H,20,23)/b16-11-. The molecule has 24 heavy (non-hydrogen) atoms. The highest BCUT2D eigenvalue weighted by molar-refractivity contribution is 6.01. The number of anilines is 1. The van der Waals surface area contributed by atoms with Crippen molar-refractivity contribution in [2.45, 2.75) is 6.54 Å². The number of esters is 1. The first-order valence-corrected chi connectivity index (χ1v) is 7.23. The second-order valence-electron chi connectivity index (χ2n) is 4.88. The molecular weight excluding hydrogens is 311 g/mol. The van der Waals surface area contributed by atoms with Gasteiger partial charge in [-0.1, -0.05) is 30.3 Å². The number of halogens is 1. The predicted molar refractivity (Wildman–Crippen MR) is 88.4 cm³/mol. The van der Waals surface area contributed by atoms with Crippen molar-refractivity contribution in [2.75, 3.05) is 12.4 Å². The van der Waals surface area contributed by atoms with Crippen molar-refractivity contribution in [3.63, 3.8) is 0 Å². The Morgan fingerprint density at radius 3 is 2.38 bits per heavy atom. The lowest BCUT2D eigenvalue weighted by Crippen LogP contribution is -2.28. The zero-order valence-electron chi connectivity index (χ0n) is 13.1. The second kappa shape index (κ2) is 8.47. The number of benzene rings is 2. The van der Waals surface area contributed by atoms with E-state index in [1.807, 2.05) is 30.3 Å². The average Bonchev–Trinajstić information content (AvgIpc) is 2.61. The number of hydrogen-bond donors (Lipinski definition) is 2. The van der Waals surface area contributed by atoms with E-state index in [0.29, 0.717) is 12.2 Å². The van der Waals surface area contributed by atoms with Gasteiger partial charge in [-0.2, -0.15) is 0 Å². The molecule has 6 heteroatoms. The third-order valence-corrected chi connectivity index (χ3v) is 3.13. The Hall–Kier alpha value is -3.15. The third kappa shape index (κ3) is 5.24. The minimum absolute atomic E-state index is 0.00406. The molecule has 5 nitrogen and oxygen atoms in total. The van der Waals surface area contributed by atoms with Crippen molar-refractivity contribution in [3.8, 4) is 0 Å². The number of hydrogen-bond acceptors (Lipinski definition) is 4. The van der Waals surface area contributed by atoms with Crippen LogP contribution in [0.5, 0.6) is 0 Å². The normalized spacial score (nSPS) is 10.8. The highest BCUT2D eigenvalue weighted by Crippen LogP contribution is 2.12. The van der Waals surface area contributed by atoms with E-state index in [1.165, 1.54) is 31.4 Å². The SMILES string of the molecule is COC(=O)/C=C(\Nc1ccc(F)cc1)C(=O)NCc1ccccc1. The summed E-state index contributed by atoms with van der Waals surface area (Å²) in [6, 6.07) is 14.8. The van der Waals surface area contributed by atoms with Crippen molar-refractivity contribution < 1.29 is 18.7 Å². The summed E-state index contributed by atoms with van der Waals surface area (Å²) in [6.07, 6.45) is 1.05. The Labute approximate surface area is 139 Å². The van der Waals surface area contributed by atoms with Gasteiger partial charge in [0.1, 0.15) is 11.5 Å². The lowest BCUT2D eigenvalue weighted by Gasteiger charge is -2.11. The molecule has 0 aliphatic heterocycles. The predicted octanol–water partition coefficient (Wildman–Crippen LogP) is 2.61. The Balaban J connectivity index is 2.10. The first-order chi connectivity index (χ1) is 11.6. The Morgan fingerprint density at radius 2 is 1.75 bits per heavy atom. The molecule has 0 spiro atoms. The van der Waals surface area contributed by atoms with Crippen LogP contribution in [0.15, 0.2) is 66.4 Å². The van der Waals surface area contributed by atoms with Crippen LogP contribution in [-0.2, 0) is 20.9 Å². The third-order valence-electron chi connectivity index (χ3n) is 3.13. The molecule has 0 heterocycles. The molecule has 0 aliphatic rings. The van der Waals surface area contributed by atoms with Gasteiger partial charge in [0.15, 0.2) is 0 Å². The van der Waals surface area contributed by atoms with Crippen molar-refractivity contribution in [3.05, 3.63) is 77.8 Å². The maximum absolute atomic E-state index is 13.0. The minimum atomic E-state index is -0.672. The fourth-order valence-corrected chi connectivity index (χ4v) is 1.90. The van der Waals surface area contributed by atoms with E-state index >= 15 is 0 Å². The van der Waals surface area contributed by atoms with Crippen LogP contribution in [-0.4, -0.2) is 19.0 Å². The van der Waals surface area contributed by atoms with Gasteiger partial charge in [0.2, 0.25) is 0 Å². The summed E-state index contributed by atoms with van der Waals surface area (Å²) in [4.78, 5) is 23.8. The Bertz CT molecular complexity index is 728. The van der Waals surface area contributed by atoms with Crippen LogP contribution in [0.3, 0.4) is 0 Å². The molecule has 0 fully saturated rings. The van der Waals surface area contributed by atoms with Crippen molar-refractivity contribution in [1.29, 1.82) is 0 Å². The summed E-state index contributed by atoms with van der Waals surface area (Å²) in [5.74, 6) is -1.55. The van der Waals surface area contributed by atoms with Crippen LogP contribution >= 0.6 is 0 Å². The lowest BCUT2D eigenvalue weighted by molar-refractivity contribution is -0.135. The maximum atomic E-state index is 13.0. The van der Waals surface area contributed by atoms with Crippen LogP contribution in [0.2, 0.25) is 0 Å². The summed E-state index contributed by atoms with van der Waals surface area (Å²) in [5, 5.41) is 5.50. The zero-order chi connectivity index (χ0) is 17.4. The first-order valence-electron chi connectivity index (χ1n) is 7.23.